The monoisotopic (exact) mass is 356 g/mol. The molecule has 2 aromatic heterocycles. The highest BCUT2D eigenvalue weighted by atomic mass is 19.4. The van der Waals surface area contributed by atoms with Crippen LogP contribution in [0.4, 0.5) is 26.3 Å². The van der Waals surface area contributed by atoms with Crippen molar-refractivity contribution in [1.29, 1.82) is 5.26 Å². The van der Waals surface area contributed by atoms with Crippen molar-refractivity contribution in [2.24, 2.45) is 0 Å². The van der Waals surface area contributed by atoms with E-state index in [4.69, 9.17) is 5.26 Å². The first-order valence-corrected chi connectivity index (χ1v) is 6.65. The highest BCUT2D eigenvalue weighted by molar-refractivity contribution is 5.66. The quantitative estimate of drug-likeness (QED) is 0.611. The first-order valence-electron chi connectivity index (χ1n) is 6.65. The van der Waals surface area contributed by atoms with Crippen molar-refractivity contribution >= 4 is 5.65 Å². The average molecular weight is 356 g/mol. The Bertz CT molecular complexity index is 994. The summed E-state index contributed by atoms with van der Waals surface area (Å²) >= 11 is 0. The molecule has 0 fully saturated rings. The van der Waals surface area contributed by atoms with Crippen LogP contribution in [0.25, 0.3) is 16.9 Å². The summed E-state index contributed by atoms with van der Waals surface area (Å²) in [5.74, 6) is 0. The van der Waals surface area contributed by atoms with Crippen molar-refractivity contribution in [3.63, 3.8) is 0 Å². The Kier molecular flexibility index (Phi) is 3.67. The Morgan fingerprint density at radius 3 is 2.32 bits per heavy atom. The van der Waals surface area contributed by atoms with Gasteiger partial charge in [-0.3, -0.25) is 0 Å². The van der Waals surface area contributed by atoms with Crippen LogP contribution in [0.15, 0.2) is 36.5 Å². The number of benzene rings is 1. The van der Waals surface area contributed by atoms with E-state index in [9.17, 15) is 26.3 Å². The van der Waals surface area contributed by atoms with Gasteiger partial charge in [-0.2, -0.15) is 36.7 Å². The van der Waals surface area contributed by atoms with Crippen LogP contribution in [0.5, 0.6) is 0 Å². The molecule has 0 aliphatic heterocycles. The number of nitrogens with zero attached hydrogens (tertiary/aromatic N) is 4. The molecule has 3 rings (SSSR count). The number of alkyl halides is 6. The van der Waals surface area contributed by atoms with E-state index in [1.807, 2.05) is 0 Å². The molecule has 0 radical (unpaired) electrons. The molecule has 0 aliphatic rings. The number of rotatable bonds is 1. The lowest BCUT2D eigenvalue weighted by atomic mass is 10.1. The van der Waals surface area contributed by atoms with Gasteiger partial charge in [-0.05, 0) is 18.2 Å². The minimum Gasteiger partial charge on any atom is -0.227 e. The molecule has 4 nitrogen and oxygen atoms in total. The normalized spacial score (nSPS) is 12.4. The van der Waals surface area contributed by atoms with E-state index in [0.29, 0.717) is 16.6 Å². The standard InChI is InChI=1S/C15H6F6N4/c16-14(17,18)10-3-1-2-8(4-10)11-5-12(15(19,20)21)25-13(24-11)9(6-22)7-23-25/h1-5,7H. The van der Waals surface area contributed by atoms with Gasteiger partial charge in [0.2, 0.25) is 0 Å². The molecule has 25 heavy (non-hydrogen) atoms. The fraction of sp³-hybridized carbons (Fsp3) is 0.133. The maximum absolute atomic E-state index is 13.2. The maximum atomic E-state index is 13.2. The molecule has 0 saturated carbocycles. The predicted octanol–water partition coefficient (Wildman–Crippen LogP) is 4.31. The largest absolute Gasteiger partial charge is 0.433 e. The Morgan fingerprint density at radius 1 is 1.00 bits per heavy atom. The van der Waals surface area contributed by atoms with Crippen molar-refractivity contribution in [1.82, 2.24) is 14.6 Å². The third-order valence-corrected chi connectivity index (χ3v) is 3.37. The van der Waals surface area contributed by atoms with Gasteiger partial charge < -0.3 is 0 Å². The molecule has 3 aromatic rings. The molecular weight excluding hydrogens is 350 g/mol. The van der Waals surface area contributed by atoms with Gasteiger partial charge in [0.25, 0.3) is 0 Å². The van der Waals surface area contributed by atoms with Crippen LogP contribution in [0.3, 0.4) is 0 Å². The zero-order valence-electron chi connectivity index (χ0n) is 12.0. The zero-order chi connectivity index (χ0) is 18.4. The lowest BCUT2D eigenvalue weighted by Gasteiger charge is -2.12. The molecule has 2 heterocycles. The van der Waals surface area contributed by atoms with Crippen LogP contribution in [-0.4, -0.2) is 14.6 Å². The molecule has 0 atom stereocenters. The summed E-state index contributed by atoms with van der Waals surface area (Å²) in [7, 11) is 0. The topological polar surface area (TPSA) is 54.0 Å². The summed E-state index contributed by atoms with van der Waals surface area (Å²) < 4.78 is 78.6. The minimum atomic E-state index is -4.84. The number of fused-ring (bicyclic) bond motifs is 1. The Hall–Kier alpha value is -3.09. The van der Waals surface area contributed by atoms with E-state index in [2.05, 4.69) is 10.1 Å². The lowest BCUT2D eigenvalue weighted by Crippen LogP contribution is -2.14. The van der Waals surface area contributed by atoms with Gasteiger partial charge in [-0.1, -0.05) is 12.1 Å². The highest BCUT2D eigenvalue weighted by Crippen LogP contribution is 2.35. The molecule has 0 bridgehead atoms. The van der Waals surface area contributed by atoms with Crippen molar-refractivity contribution in [3.05, 3.63) is 53.3 Å². The summed E-state index contributed by atoms with van der Waals surface area (Å²) in [4.78, 5) is 3.88. The first-order chi connectivity index (χ1) is 11.6. The molecular formula is C15H6F6N4. The van der Waals surface area contributed by atoms with Crippen molar-refractivity contribution in [3.8, 4) is 17.3 Å². The molecule has 1 aromatic carbocycles. The van der Waals surface area contributed by atoms with Gasteiger partial charge in [-0.15, -0.1) is 0 Å². The average Bonchev–Trinajstić information content (AvgIpc) is 2.95. The van der Waals surface area contributed by atoms with E-state index >= 15 is 0 Å². The zero-order valence-corrected chi connectivity index (χ0v) is 12.0. The van der Waals surface area contributed by atoms with E-state index in [0.717, 1.165) is 18.3 Å². The van der Waals surface area contributed by atoms with Gasteiger partial charge in [0.05, 0.1) is 17.5 Å². The molecule has 0 aliphatic carbocycles. The second kappa shape index (κ2) is 5.47. The number of hydrogen-bond donors (Lipinski definition) is 0. The molecule has 0 unspecified atom stereocenters. The lowest BCUT2D eigenvalue weighted by molar-refractivity contribution is -0.142. The van der Waals surface area contributed by atoms with Crippen molar-refractivity contribution < 1.29 is 26.3 Å². The second-order valence-corrected chi connectivity index (χ2v) is 5.01. The van der Waals surface area contributed by atoms with E-state index in [-0.39, 0.29) is 22.5 Å². The van der Waals surface area contributed by atoms with Crippen LogP contribution in [0, 0.1) is 11.3 Å². The third kappa shape index (κ3) is 3.00. The molecule has 128 valence electrons. The Morgan fingerprint density at radius 2 is 1.72 bits per heavy atom. The van der Waals surface area contributed by atoms with Crippen LogP contribution < -0.4 is 0 Å². The van der Waals surface area contributed by atoms with Crippen LogP contribution in [-0.2, 0) is 12.4 Å². The molecule has 0 saturated heterocycles. The summed E-state index contributed by atoms with van der Waals surface area (Å²) in [5.41, 5.74) is -3.37. The molecule has 0 spiro atoms. The highest BCUT2D eigenvalue weighted by Gasteiger charge is 2.36. The number of aromatic nitrogens is 3. The van der Waals surface area contributed by atoms with Crippen LogP contribution >= 0.6 is 0 Å². The molecule has 0 amide bonds. The summed E-state index contributed by atoms with van der Waals surface area (Å²) in [6, 6.07) is 6.01. The Balaban J connectivity index is 2.29. The van der Waals surface area contributed by atoms with E-state index in [1.54, 1.807) is 6.07 Å². The van der Waals surface area contributed by atoms with Gasteiger partial charge in [0.15, 0.2) is 11.3 Å². The number of hydrogen-bond acceptors (Lipinski definition) is 3. The fourth-order valence-electron chi connectivity index (χ4n) is 2.25. The fourth-order valence-corrected chi connectivity index (χ4v) is 2.25. The smallest absolute Gasteiger partial charge is 0.227 e. The SMILES string of the molecule is N#Cc1cnn2c(C(F)(F)F)cc(-c3cccc(C(F)(F)F)c3)nc12. The van der Waals surface area contributed by atoms with Crippen molar-refractivity contribution in [2.45, 2.75) is 12.4 Å². The van der Waals surface area contributed by atoms with Gasteiger partial charge in [0, 0.05) is 5.56 Å². The van der Waals surface area contributed by atoms with Gasteiger partial charge >= 0.3 is 12.4 Å². The summed E-state index contributed by atoms with van der Waals surface area (Å²) in [6.45, 7) is 0. The molecule has 0 N–H and O–H groups in total. The van der Waals surface area contributed by atoms with E-state index in [1.165, 1.54) is 6.07 Å². The van der Waals surface area contributed by atoms with Crippen molar-refractivity contribution in [2.75, 3.05) is 0 Å². The van der Waals surface area contributed by atoms with Gasteiger partial charge in [-0.25, -0.2) is 9.50 Å². The first kappa shape index (κ1) is 16.8. The number of halogens is 6. The predicted molar refractivity (Wildman–Crippen MR) is 73.1 cm³/mol. The summed E-state index contributed by atoms with van der Waals surface area (Å²) in [5, 5.41) is 12.4. The van der Waals surface area contributed by atoms with E-state index < -0.39 is 23.6 Å². The Labute approximate surface area is 135 Å². The van der Waals surface area contributed by atoms with Gasteiger partial charge in [0.1, 0.15) is 11.6 Å². The van der Waals surface area contributed by atoms with Crippen LogP contribution in [0.1, 0.15) is 16.8 Å². The maximum Gasteiger partial charge on any atom is 0.433 e. The number of nitriles is 1. The van der Waals surface area contributed by atoms with Crippen LogP contribution in [0.2, 0.25) is 0 Å². The molecule has 10 heteroatoms. The minimum absolute atomic E-state index is 0.159. The summed E-state index contributed by atoms with van der Waals surface area (Å²) in [6.07, 6.45) is -8.58. The second-order valence-electron chi connectivity index (χ2n) is 5.01. The third-order valence-electron chi connectivity index (χ3n) is 3.37.